The van der Waals surface area contributed by atoms with Crippen LogP contribution in [-0.2, 0) is 21.0 Å². The Morgan fingerprint density at radius 1 is 1.30 bits per heavy atom. The highest BCUT2D eigenvalue weighted by molar-refractivity contribution is 7.89. The third kappa shape index (κ3) is 5.67. The van der Waals surface area contributed by atoms with E-state index in [9.17, 15) is 26.4 Å². The van der Waals surface area contributed by atoms with Gasteiger partial charge in [0.2, 0.25) is 10.0 Å². The molecule has 1 aromatic carbocycles. The highest BCUT2D eigenvalue weighted by Crippen LogP contribution is 2.33. The third-order valence-electron chi connectivity index (χ3n) is 2.92. The second-order valence-corrected chi connectivity index (χ2v) is 7.58. The maximum absolute atomic E-state index is 12.6. The predicted octanol–water partition coefficient (Wildman–Crippen LogP) is 3.28. The Kier molecular flexibility index (Phi) is 5.71. The molecule has 0 saturated heterocycles. The molecule has 2 N–H and O–H groups in total. The summed E-state index contributed by atoms with van der Waals surface area (Å²) in [5.41, 5.74) is -2.17. The van der Waals surface area contributed by atoms with Crippen molar-refractivity contribution in [1.29, 1.82) is 0 Å². The van der Waals surface area contributed by atoms with E-state index >= 15 is 0 Å². The molecule has 0 saturated carbocycles. The molecule has 0 spiro atoms. The Hall–Kier alpha value is -1.32. The Labute approximate surface area is 136 Å². The summed E-state index contributed by atoms with van der Waals surface area (Å²) in [6.07, 6.45) is -4.91. The number of hydrogen-bond donors (Lipinski definition) is 2. The van der Waals surface area contributed by atoms with Crippen LogP contribution in [0.25, 0.3) is 0 Å². The van der Waals surface area contributed by atoms with Crippen LogP contribution in [0.3, 0.4) is 0 Å². The SMILES string of the molecule is CC(C)(CCC(=O)O)NS(=O)(=O)c1ccc(C(F)(F)F)cc1Cl. The summed E-state index contributed by atoms with van der Waals surface area (Å²) < 4.78 is 64.4. The first kappa shape index (κ1) is 19.7. The van der Waals surface area contributed by atoms with Crippen molar-refractivity contribution in [2.45, 2.75) is 43.3 Å². The number of nitrogens with one attached hydrogen (secondary N) is 1. The minimum absolute atomic E-state index is 0.000181. The number of carboxylic acid groups (broad SMARTS) is 1. The fourth-order valence-electron chi connectivity index (χ4n) is 1.78. The molecule has 10 heteroatoms. The number of halogens is 4. The van der Waals surface area contributed by atoms with Gasteiger partial charge in [-0.15, -0.1) is 0 Å². The number of carboxylic acids is 1. The molecule has 0 radical (unpaired) electrons. The first-order chi connectivity index (χ1) is 10.2. The van der Waals surface area contributed by atoms with E-state index in [4.69, 9.17) is 16.7 Å². The lowest BCUT2D eigenvalue weighted by molar-refractivity contribution is -0.138. The van der Waals surface area contributed by atoms with Gasteiger partial charge in [0, 0.05) is 12.0 Å². The van der Waals surface area contributed by atoms with E-state index < -0.39 is 43.2 Å². The van der Waals surface area contributed by atoms with Gasteiger partial charge in [-0.2, -0.15) is 13.2 Å². The van der Waals surface area contributed by atoms with Crippen LogP contribution in [0, 0.1) is 0 Å². The molecule has 0 fully saturated rings. The molecule has 130 valence electrons. The van der Waals surface area contributed by atoms with Crippen LogP contribution >= 0.6 is 11.6 Å². The summed E-state index contributed by atoms with van der Waals surface area (Å²) in [6.45, 7) is 2.93. The zero-order valence-corrected chi connectivity index (χ0v) is 13.8. The van der Waals surface area contributed by atoms with Gasteiger partial charge in [0.1, 0.15) is 4.90 Å². The topological polar surface area (TPSA) is 83.5 Å². The molecule has 0 aliphatic rings. The molecule has 0 bridgehead atoms. The number of aliphatic carboxylic acids is 1. The van der Waals surface area contributed by atoms with Crippen molar-refractivity contribution in [3.8, 4) is 0 Å². The maximum atomic E-state index is 12.6. The Balaban J connectivity index is 3.07. The Morgan fingerprint density at radius 2 is 1.87 bits per heavy atom. The summed E-state index contributed by atoms with van der Waals surface area (Å²) in [5.74, 6) is -1.09. The first-order valence-corrected chi connectivity index (χ1v) is 8.23. The maximum Gasteiger partial charge on any atom is 0.416 e. The summed E-state index contributed by atoms with van der Waals surface area (Å²) in [4.78, 5) is 10.1. The zero-order chi connectivity index (χ0) is 18.1. The van der Waals surface area contributed by atoms with Gasteiger partial charge in [0.05, 0.1) is 10.6 Å². The standard InChI is InChI=1S/C13H15ClF3NO4S/c1-12(2,6-5-11(19)20)18-23(21,22)10-4-3-8(7-9(10)14)13(15,16)17/h3-4,7,18H,5-6H2,1-2H3,(H,19,20). The van der Waals surface area contributed by atoms with Crippen LogP contribution in [0.2, 0.25) is 5.02 Å². The van der Waals surface area contributed by atoms with Gasteiger partial charge in [-0.05, 0) is 38.5 Å². The number of sulfonamides is 1. The minimum Gasteiger partial charge on any atom is -0.481 e. The van der Waals surface area contributed by atoms with Crippen molar-refractivity contribution in [3.63, 3.8) is 0 Å². The van der Waals surface area contributed by atoms with E-state index in [0.29, 0.717) is 12.1 Å². The van der Waals surface area contributed by atoms with Crippen LogP contribution in [0.15, 0.2) is 23.1 Å². The summed E-state index contributed by atoms with van der Waals surface area (Å²) in [7, 11) is -4.20. The van der Waals surface area contributed by atoms with E-state index in [1.54, 1.807) is 0 Å². The van der Waals surface area contributed by atoms with Gasteiger partial charge in [0.15, 0.2) is 0 Å². The summed E-state index contributed by atoms with van der Waals surface area (Å²) >= 11 is 5.66. The molecule has 0 aromatic heterocycles. The van der Waals surface area contributed by atoms with Crippen molar-refractivity contribution >= 4 is 27.6 Å². The lowest BCUT2D eigenvalue weighted by atomic mass is 10.0. The lowest BCUT2D eigenvalue weighted by Crippen LogP contribution is -2.43. The molecular weight excluding hydrogens is 359 g/mol. The molecule has 0 aliphatic carbocycles. The molecule has 0 unspecified atom stereocenters. The monoisotopic (exact) mass is 373 g/mol. The normalized spacial score (nSPS) is 13.1. The van der Waals surface area contributed by atoms with Gasteiger partial charge in [-0.25, -0.2) is 13.1 Å². The van der Waals surface area contributed by atoms with Gasteiger partial charge in [0.25, 0.3) is 0 Å². The third-order valence-corrected chi connectivity index (χ3v) is 5.10. The largest absolute Gasteiger partial charge is 0.481 e. The number of carbonyl (C=O) groups is 1. The van der Waals surface area contributed by atoms with Crippen LogP contribution < -0.4 is 4.72 Å². The zero-order valence-electron chi connectivity index (χ0n) is 12.2. The molecule has 0 atom stereocenters. The molecular formula is C13H15ClF3NO4S. The number of benzene rings is 1. The molecule has 0 heterocycles. The van der Waals surface area contributed by atoms with E-state index in [0.717, 1.165) is 6.07 Å². The average Bonchev–Trinajstić information content (AvgIpc) is 2.33. The second-order valence-electron chi connectivity index (χ2n) is 5.53. The molecule has 0 aliphatic heterocycles. The summed E-state index contributed by atoms with van der Waals surface area (Å²) in [6, 6.07) is 1.91. The van der Waals surface area contributed by atoms with E-state index in [2.05, 4.69) is 4.72 Å². The molecule has 0 amide bonds. The quantitative estimate of drug-likeness (QED) is 0.801. The van der Waals surface area contributed by atoms with Crippen molar-refractivity contribution < 1.29 is 31.5 Å². The van der Waals surface area contributed by atoms with Gasteiger partial charge in [-0.1, -0.05) is 11.6 Å². The average molecular weight is 374 g/mol. The van der Waals surface area contributed by atoms with E-state index in [1.165, 1.54) is 13.8 Å². The fourth-order valence-corrected chi connectivity index (χ4v) is 3.77. The number of alkyl halides is 3. The first-order valence-electron chi connectivity index (χ1n) is 6.37. The van der Waals surface area contributed by atoms with Crippen LogP contribution in [-0.4, -0.2) is 25.0 Å². The van der Waals surface area contributed by atoms with Crippen molar-refractivity contribution in [2.24, 2.45) is 0 Å². The van der Waals surface area contributed by atoms with Crippen LogP contribution in [0.4, 0.5) is 13.2 Å². The van der Waals surface area contributed by atoms with Crippen molar-refractivity contribution in [3.05, 3.63) is 28.8 Å². The highest BCUT2D eigenvalue weighted by Gasteiger charge is 2.33. The van der Waals surface area contributed by atoms with Gasteiger partial charge in [-0.3, -0.25) is 4.79 Å². The number of hydrogen-bond acceptors (Lipinski definition) is 3. The molecule has 23 heavy (non-hydrogen) atoms. The van der Waals surface area contributed by atoms with Crippen LogP contribution in [0.5, 0.6) is 0 Å². The van der Waals surface area contributed by atoms with Crippen LogP contribution in [0.1, 0.15) is 32.3 Å². The fraction of sp³-hybridized carbons (Fsp3) is 0.462. The lowest BCUT2D eigenvalue weighted by Gasteiger charge is -2.25. The number of rotatable bonds is 6. The van der Waals surface area contributed by atoms with Crippen molar-refractivity contribution in [1.82, 2.24) is 4.72 Å². The predicted molar refractivity (Wildman–Crippen MR) is 77.7 cm³/mol. The second kappa shape index (κ2) is 6.66. The highest BCUT2D eigenvalue weighted by atomic mass is 35.5. The van der Waals surface area contributed by atoms with E-state index in [1.807, 2.05) is 0 Å². The summed E-state index contributed by atoms with van der Waals surface area (Å²) in [5, 5.41) is 8.07. The Morgan fingerprint density at radius 3 is 2.30 bits per heavy atom. The van der Waals surface area contributed by atoms with Crippen molar-refractivity contribution in [2.75, 3.05) is 0 Å². The minimum atomic E-state index is -4.64. The molecule has 1 rings (SSSR count). The van der Waals surface area contributed by atoms with Gasteiger partial charge >= 0.3 is 12.1 Å². The smallest absolute Gasteiger partial charge is 0.416 e. The Bertz CT molecular complexity index is 702. The molecule has 1 aromatic rings. The van der Waals surface area contributed by atoms with E-state index in [-0.39, 0.29) is 12.8 Å². The molecule has 5 nitrogen and oxygen atoms in total. The van der Waals surface area contributed by atoms with Gasteiger partial charge < -0.3 is 5.11 Å².